The number of sulfonamides is 1. The second-order valence-electron chi connectivity index (χ2n) is 7.15. The fourth-order valence-electron chi connectivity index (χ4n) is 3.32. The van der Waals surface area contributed by atoms with Crippen LogP contribution in [0.5, 0.6) is 5.75 Å². The van der Waals surface area contributed by atoms with Gasteiger partial charge in [-0.1, -0.05) is 29.8 Å². The number of ether oxygens (including phenoxy) is 2. The first kappa shape index (κ1) is 25.4. The molecule has 0 aliphatic heterocycles. The van der Waals surface area contributed by atoms with E-state index in [9.17, 15) is 22.0 Å². The van der Waals surface area contributed by atoms with Crippen molar-refractivity contribution in [3.63, 3.8) is 0 Å². The fraction of sp³-hybridized carbons (Fsp3) is 0.174. The van der Waals surface area contributed by atoms with Crippen LogP contribution in [0.1, 0.15) is 18.5 Å². The van der Waals surface area contributed by atoms with E-state index in [1.807, 2.05) is 0 Å². The second kappa shape index (κ2) is 10.4. The third-order valence-electron chi connectivity index (χ3n) is 4.92. The molecule has 0 aliphatic rings. The van der Waals surface area contributed by atoms with Gasteiger partial charge in [0.15, 0.2) is 0 Å². The fourth-order valence-corrected chi connectivity index (χ4v) is 5.08. The zero-order valence-corrected chi connectivity index (χ0v) is 19.7. The van der Waals surface area contributed by atoms with Gasteiger partial charge in [0.05, 0.1) is 16.6 Å². The molecule has 0 heterocycles. The number of methoxy groups -OCH3 is 1. The average molecular weight is 511 g/mol. The van der Waals surface area contributed by atoms with E-state index in [1.54, 1.807) is 12.1 Å². The maximum absolute atomic E-state index is 14.9. The minimum Gasteiger partial charge on any atom is -0.455 e. The van der Waals surface area contributed by atoms with Crippen LogP contribution in [0.2, 0.25) is 5.02 Å². The number of carbonyl (C=O) groups excluding carboxylic acids is 1. The summed E-state index contributed by atoms with van der Waals surface area (Å²) in [5.41, 5.74) is 4.99. The standard InChI is InChI=1S/C23H21ClF2N2O5S/c1-14(18-5-3-4-6-21(18)33-23(32-2)22(27)29)28(20-13-16(25)9-12-19(20)26)34(30,31)17-10-7-15(24)8-11-17/h3-14,23H,1-2H3,(H2,27,29). The molecule has 7 nitrogen and oxygen atoms in total. The Kier molecular flexibility index (Phi) is 7.75. The van der Waals surface area contributed by atoms with Crippen molar-refractivity contribution >= 4 is 33.2 Å². The highest BCUT2D eigenvalue weighted by Crippen LogP contribution is 2.38. The van der Waals surface area contributed by atoms with Gasteiger partial charge in [0.1, 0.15) is 17.4 Å². The Labute approximate surface area is 200 Å². The van der Waals surface area contributed by atoms with Crippen molar-refractivity contribution in [3.8, 4) is 5.75 Å². The Balaban J connectivity index is 2.20. The lowest BCUT2D eigenvalue weighted by molar-refractivity contribution is -0.144. The van der Waals surface area contributed by atoms with Gasteiger partial charge >= 0.3 is 0 Å². The summed E-state index contributed by atoms with van der Waals surface area (Å²) in [4.78, 5) is 11.4. The highest BCUT2D eigenvalue weighted by atomic mass is 35.5. The number of rotatable bonds is 9. The number of para-hydroxylation sites is 1. The molecule has 0 saturated heterocycles. The molecular weight excluding hydrogens is 490 g/mol. The molecule has 3 aromatic rings. The molecule has 0 spiro atoms. The molecule has 0 saturated carbocycles. The highest BCUT2D eigenvalue weighted by molar-refractivity contribution is 7.92. The lowest BCUT2D eigenvalue weighted by atomic mass is 10.1. The maximum Gasteiger partial charge on any atom is 0.287 e. The number of hydrogen-bond acceptors (Lipinski definition) is 5. The summed E-state index contributed by atoms with van der Waals surface area (Å²) in [6.07, 6.45) is -1.46. The Morgan fingerprint density at radius 2 is 1.71 bits per heavy atom. The summed E-state index contributed by atoms with van der Waals surface area (Å²) in [6.45, 7) is 1.46. The van der Waals surface area contributed by atoms with E-state index in [0.29, 0.717) is 5.02 Å². The van der Waals surface area contributed by atoms with Crippen molar-refractivity contribution in [1.29, 1.82) is 0 Å². The molecule has 0 radical (unpaired) electrons. The van der Waals surface area contributed by atoms with Crippen LogP contribution in [0.4, 0.5) is 14.5 Å². The predicted octanol–water partition coefficient (Wildman–Crippen LogP) is 4.41. The summed E-state index contributed by atoms with van der Waals surface area (Å²) in [6, 6.07) is 12.8. The Hall–Kier alpha value is -3.21. The number of nitrogens with zero attached hydrogens (tertiary/aromatic N) is 1. The van der Waals surface area contributed by atoms with Crippen LogP contribution in [0.25, 0.3) is 0 Å². The smallest absolute Gasteiger partial charge is 0.287 e. The molecule has 0 aliphatic carbocycles. The van der Waals surface area contributed by atoms with Crippen LogP contribution in [-0.2, 0) is 19.6 Å². The van der Waals surface area contributed by atoms with E-state index < -0.39 is 45.6 Å². The van der Waals surface area contributed by atoms with E-state index in [2.05, 4.69) is 0 Å². The monoisotopic (exact) mass is 510 g/mol. The van der Waals surface area contributed by atoms with Gasteiger partial charge in [0.25, 0.3) is 22.2 Å². The summed E-state index contributed by atoms with van der Waals surface area (Å²) < 4.78 is 67.5. The lowest BCUT2D eigenvalue weighted by Crippen LogP contribution is -2.37. The van der Waals surface area contributed by atoms with Crippen LogP contribution in [-0.4, -0.2) is 27.7 Å². The minimum absolute atomic E-state index is 0.0637. The molecule has 2 N–H and O–H groups in total. The van der Waals surface area contributed by atoms with Gasteiger partial charge in [-0.3, -0.25) is 9.10 Å². The zero-order chi connectivity index (χ0) is 25.0. The molecule has 1 amide bonds. The predicted molar refractivity (Wildman–Crippen MR) is 123 cm³/mol. The molecule has 11 heteroatoms. The molecule has 2 atom stereocenters. The summed E-state index contributed by atoms with van der Waals surface area (Å²) in [5.74, 6) is -2.64. The molecule has 3 rings (SSSR count). The summed E-state index contributed by atoms with van der Waals surface area (Å²) >= 11 is 5.89. The number of carbonyl (C=O) groups is 1. The van der Waals surface area contributed by atoms with E-state index in [-0.39, 0.29) is 16.2 Å². The van der Waals surface area contributed by atoms with Crippen molar-refractivity contribution in [2.45, 2.75) is 24.2 Å². The number of halogens is 3. The molecule has 0 aromatic heterocycles. The topological polar surface area (TPSA) is 98.9 Å². The molecule has 0 fully saturated rings. The maximum atomic E-state index is 14.9. The van der Waals surface area contributed by atoms with Crippen LogP contribution >= 0.6 is 11.6 Å². The van der Waals surface area contributed by atoms with Gasteiger partial charge in [0, 0.05) is 23.8 Å². The van der Waals surface area contributed by atoms with Gasteiger partial charge in [0.2, 0.25) is 0 Å². The van der Waals surface area contributed by atoms with Crippen LogP contribution < -0.4 is 14.8 Å². The third-order valence-corrected chi connectivity index (χ3v) is 7.07. The summed E-state index contributed by atoms with van der Waals surface area (Å²) in [7, 11) is -3.23. The van der Waals surface area contributed by atoms with Crippen molar-refractivity contribution in [1.82, 2.24) is 0 Å². The van der Waals surface area contributed by atoms with Crippen molar-refractivity contribution < 1.29 is 31.5 Å². The van der Waals surface area contributed by atoms with Crippen molar-refractivity contribution in [3.05, 3.63) is 89.0 Å². The first-order chi connectivity index (χ1) is 16.1. The van der Waals surface area contributed by atoms with Gasteiger partial charge in [-0.15, -0.1) is 0 Å². The van der Waals surface area contributed by atoms with Gasteiger partial charge < -0.3 is 15.2 Å². The highest BCUT2D eigenvalue weighted by Gasteiger charge is 2.34. The molecule has 2 unspecified atom stereocenters. The Morgan fingerprint density at radius 1 is 1.06 bits per heavy atom. The molecule has 180 valence electrons. The number of nitrogens with two attached hydrogens (primary N) is 1. The number of amides is 1. The second-order valence-corrected chi connectivity index (χ2v) is 9.40. The largest absolute Gasteiger partial charge is 0.455 e. The van der Waals surface area contributed by atoms with Gasteiger partial charge in [-0.25, -0.2) is 17.2 Å². The molecule has 3 aromatic carbocycles. The lowest BCUT2D eigenvalue weighted by Gasteiger charge is -2.32. The molecule has 0 bridgehead atoms. The Morgan fingerprint density at radius 3 is 2.32 bits per heavy atom. The number of hydrogen-bond donors (Lipinski definition) is 1. The number of anilines is 1. The van der Waals surface area contributed by atoms with Gasteiger partial charge in [-0.05, 0) is 49.4 Å². The quantitative estimate of drug-likeness (QED) is 0.430. The average Bonchev–Trinajstić information content (AvgIpc) is 2.80. The Bertz CT molecular complexity index is 1290. The molecule has 34 heavy (non-hydrogen) atoms. The van der Waals surface area contributed by atoms with E-state index >= 15 is 0 Å². The van der Waals surface area contributed by atoms with E-state index in [1.165, 1.54) is 50.4 Å². The van der Waals surface area contributed by atoms with Crippen molar-refractivity contribution in [2.75, 3.05) is 11.4 Å². The third kappa shape index (κ3) is 5.30. The van der Waals surface area contributed by atoms with E-state index in [0.717, 1.165) is 22.5 Å². The normalized spacial score (nSPS) is 13.2. The van der Waals surface area contributed by atoms with E-state index in [4.69, 9.17) is 26.8 Å². The van der Waals surface area contributed by atoms with Crippen LogP contribution in [0.3, 0.4) is 0 Å². The summed E-state index contributed by atoms with van der Waals surface area (Å²) in [5, 5.41) is 0.297. The minimum atomic E-state index is -4.44. The van der Waals surface area contributed by atoms with Crippen LogP contribution in [0.15, 0.2) is 71.6 Å². The number of benzene rings is 3. The zero-order valence-electron chi connectivity index (χ0n) is 18.1. The molecular formula is C23H21ClF2N2O5S. The van der Waals surface area contributed by atoms with Gasteiger partial charge in [-0.2, -0.15) is 0 Å². The van der Waals surface area contributed by atoms with Crippen molar-refractivity contribution in [2.24, 2.45) is 5.73 Å². The number of primary amides is 1. The first-order valence-corrected chi connectivity index (χ1v) is 11.7. The SMILES string of the molecule is COC(Oc1ccccc1C(C)N(c1cc(F)ccc1F)S(=O)(=O)c1ccc(Cl)cc1)C(N)=O. The van der Waals surface area contributed by atoms with Crippen LogP contribution in [0, 0.1) is 11.6 Å². The first-order valence-electron chi connectivity index (χ1n) is 9.89.